The van der Waals surface area contributed by atoms with Crippen LogP contribution in [0.2, 0.25) is 18.1 Å². The third-order valence-corrected chi connectivity index (χ3v) is 6.38. The first-order valence-corrected chi connectivity index (χ1v) is 8.65. The summed E-state index contributed by atoms with van der Waals surface area (Å²) in [5.74, 6) is 0. The molecule has 0 fully saturated rings. The molecule has 0 rings (SSSR count). The second kappa shape index (κ2) is 5.03. The molecule has 0 radical (unpaired) electrons. The van der Waals surface area contributed by atoms with Crippen LogP contribution in [0.25, 0.3) is 0 Å². The third kappa shape index (κ3) is 7.20. The van der Waals surface area contributed by atoms with E-state index in [1.807, 2.05) is 13.1 Å². The molecule has 0 bridgehead atoms. The highest BCUT2D eigenvalue weighted by atomic mass is 32.2. The van der Waals surface area contributed by atoms with Crippen LogP contribution < -0.4 is 0 Å². The number of rotatable bonds is 0. The van der Waals surface area contributed by atoms with Crippen molar-refractivity contribution in [1.82, 2.24) is 0 Å². The molecule has 0 aromatic heterocycles. The van der Waals surface area contributed by atoms with Crippen molar-refractivity contribution in [3.63, 3.8) is 0 Å². The van der Waals surface area contributed by atoms with Crippen molar-refractivity contribution in [3.8, 4) is 0 Å². The van der Waals surface area contributed by atoms with Crippen molar-refractivity contribution < 1.29 is 30.9 Å². The molecule has 0 aliphatic carbocycles. The van der Waals surface area contributed by atoms with Crippen LogP contribution in [0.15, 0.2) is 0 Å². The maximum atomic E-state index is 10.7. The van der Waals surface area contributed by atoms with Gasteiger partial charge in [-0.15, -0.1) is 0 Å². The maximum Gasteiger partial charge on any atom is 0.522 e. The Morgan fingerprint density at radius 1 is 1.06 bits per heavy atom. The van der Waals surface area contributed by atoms with Gasteiger partial charge in [-0.1, -0.05) is 20.8 Å². The van der Waals surface area contributed by atoms with E-state index in [2.05, 4.69) is 20.8 Å². The summed E-state index contributed by atoms with van der Waals surface area (Å²) in [6.07, 6.45) is 0. The Morgan fingerprint density at radius 3 is 1.19 bits per heavy atom. The minimum Gasteiger partial charge on any atom is -0.432 e. The lowest BCUT2D eigenvalue weighted by Crippen LogP contribution is -2.36. The molecule has 0 heterocycles. The normalized spacial score (nSPS) is 14.1. The molecule has 0 saturated heterocycles. The van der Waals surface area contributed by atoms with Gasteiger partial charge in [0.05, 0.1) is 0 Å². The van der Waals surface area contributed by atoms with Gasteiger partial charge in [0, 0.05) is 0 Å². The molecule has 0 saturated carbocycles. The molecule has 0 aromatic carbocycles. The smallest absolute Gasteiger partial charge is 0.432 e. The molecular formula is C7H17F3O4SSi. The van der Waals surface area contributed by atoms with Gasteiger partial charge in [-0.05, 0) is 18.1 Å². The van der Waals surface area contributed by atoms with E-state index < -0.39 is 23.9 Å². The highest BCUT2D eigenvalue weighted by Gasteiger charge is 2.44. The van der Waals surface area contributed by atoms with E-state index in [0.29, 0.717) is 0 Å². The fourth-order valence-corrected chi connectivity index (χ4v) is 0. The van der Waals surface area contributed by atoms with E-state index in [1.54, 1.807) is 0 Å². The molecule has 0 spiro atoms. The van der Waals surface area contributed by atoms with Crippen molar-refractivity contribution in [2.45, 2.75) is 44.4 Å². The highest BCUT2D eigenvalue weighted by Crippen LogP contribution is 2.33. The van der Waals surface area contributed by atoms with Gasteiger partial charge in [-0.2, -0.15) is 21.6 Å². The Morgan fingerprint density at radius 2 is 1.19 bits per heavy atom. The fourth-order valence-electron chi connectivity index (χ4n) is 0. The van der Waals surface area contributed by atoms with Crippen LogP contribution in [0.3, 0.4) is 0 Å². The predicted octanol–water partition coefficient (Wildman–Crippen LogP) is 2.38. The second-order valence-electron chi connectivity index (χ2n) is 4.73. The number of halogens is 3. The van der Waals surface area contributed by atoms with Crippen LogP contribution in [0.1, 0.15) is 20.8 Å². The van der Waals surface area contributed by atoms with Gasteiger partial charge >= 0.3 is 15.6 Å². The Kier molecular flexibility index (Phi) is 5.73. The molecule has 0 aromatic rings. The van der Waals surface area contributed by atoms with Crippen molar-refractivity contribution in [2.75, 3.05) is 0 Å². The van der Waals surface area contributed by atoms with Crippen LogP contribution in [0, 0.1) is 0 Å². The molecule has 9 heteroatoms. The SMILES string of the molecule is CC(C)(C)[Si](C)(C)O.O=S(=O)(O)C(F)(F)F. The van der Waals surface area contributed by atoms with Crippen molar-refractivity contribution in [3.05, 3.63) is 0 Å². The van der Waals surface area contributed by atoms with Crippen LogP contribution in [0.5, 0.6) is 0 Å². The maximum absolute atomic E-state index is 10.7. The minimum absolute atomic E-state index is 0.132. The number of hydrogen-bond donors (Lipinski definition) is 2. The molecule has 0 unspecified atom stereocenters. The Bertz CT molecular complexity index is 298. The summed E-state index contributed by atoms with van der Waals surface area (Å²) >= 11 is 0. The van der Waals surface area contributed by atoms with Crippen LogP contribution in [0.4, 0.5) is 13.2 Å². The van der Waals surface area contributed by atoms with Crippen LogP contribution in [-0.4, -0.2) is 31.6 Å². The first kappa shape index (κ1) is 18.2. The zero-order valence-corrected chi connectivity index (χ0v) is 11.6. The van der Waals surface area contributed by atoms with E-state index >= 15 is 0 Å². The molecule has 4 nitrogen and oxygen atoms in total. The van der Waals surface area contributed by atoms with Gasteiger partial charge in [-0.25, -0.2) is 0 Å². The molecule has 16 heavy (non-hydrogen) atoms. The summed E-state index contributed by atoms with van der Waals surface area (Å²) in [5, 5.41) is 0.132. The summed E-state index contributed by atoms with van der Waals surface area (Å²) in [7, 11) is -7.70. The van der Waals surface area contributed by atoms with Crippen LogP contribution >= 0.6 is 0 Å². The molecule has 0 aliphatic rings. The average molecular weight is 282 g/mol. The van der Waals surface area contributed by atoms with Gasteiger partial charge in [0.15, 0.2) is 8.32 Å². The van der Waals surface area contributed by atoms with Crippen molar-refractivity contribution in [1.29, 1.82) is 0 Å². The number of alkyl halides is 3. The Labute approximate surface area is 94.4 Å². The largest absolute Gasteiger partial charge is 0.522 e. The lowest BCUT2D eigenvalue weighted by atomic mass is 10.2. The summed E-state index contributed by atoms with van der Waals surface area (Å²) in [5.41, 5.74) is -5.53. The zero-order valence-electron chi connectivity index (χ0n) is 9.75. The molecular weight excluding hydrogens is 265 g/mol. The van der Waals surface area contributed by atoms with E-state index in [1.165, 1.54) is 0 Å². The number of hydrogen-bond acceptors (Lipinski definition) is 3. The van der Waals surface area contributed by atoms with Gasteiger partial charge < -0.3 is 4.80 Å². The topological polar surface area (TPSA) is 74.6 Å². The van der Waals surface area contributed by atoms with E-state index in [0.717, 1.165) is 0 Å². The minimum atomic E-state index is -5.84. The fraction of sp³-hybridized carbons (Fsp3) is 1.00. The predicted molar refractivity (Wildman–Crippen MR) is 57.0 cm³/mol. The summed E-state index contributed by atoms with van der Waals surface area (Å²) in [6.45, 7) is 10.2. The van der Waals surface area contributed by atoms with Gasteiger partial charge in [0.1, 0.15) is 0 Å². The van der Waals surface area contributed by atoms with Crippen LogP contribution in [-0.2, 0) is 10.1 Å². The molecule has 100 valence electrons. The Balaban J connectivity index is 0. The van der Waals surface area contributed by atoms with Crippen molar-refractivity contribution >= 4 is 18.4 Å². The van der Waals surface area contributed by atoms with E-state index in [4.69, 9.17) is 13.0 Å². The average Bonchev–Trinajstić information content (AvgIpc) is 1.77. The van der Waals surface area contributed by atoms with Gasteiger partial charge in [-0.3, -0.25) is 4.55 Å². The zero-order chi connectivity index (χ0) is 14.0. The molecule has 0 amide bonds. The quantitative estimate of drug-likeness (QED) is 0.406. The summed E-state index contributed by atoms with van der Waals surface area (Å²) < 4.78 is 57.5. The van der Waals surface area contributed by atoms with Gasteiger partial charge in [0.25, 0.3) is 0 Å². The standard InChI is InChI=1S/C6H16OSi.CHF3O3S/c1-6(2,3)8(4,5)7;2-1(3,4)8(5,6)7/h7H,1-5H3;(H,5,6,7). The lowest BCUT2D eigenvalue weighted by Gasteiger charge is -2.30. The monoisotopic (exact) mass is 282 g/mol. The molecule has 2 N–H and O–H groups in total. The first-order valence-electron chi connectivity index (χ1n) is 4.26. The second-order valence-corrected chi connectivity index (χ2v) is 10.8. The van der Waals surface area contributed by atoms with E-state index in [-0.39, 0.29) is 5.04 Å². The molecule has 0 aliphatic heterocycles. The first-order chi connectivity index (χ1) is 6.50. The Hall–Kier alpha value is -0.123. The lowest BCUT2D eigenvalue weighted by molar-refractivity contribution is -0.0510. The van der Waals surface area contributed by atoms with E-state index in [9.17, 15) is 18.0 Å². The van der Waals surface area contributed by atoms with Gasteiger partial charge in [0.2, 0.25) is 0 Å². The molecule has 0 atom stereocenters. The third-order valence-electron chi connectivity index (χ3n) is 2.13. The van der Waals surface area contributed by atoms with Crippen molar-refractivity contribution in [2.24, 2.45) is 0 Å². The summed E-state index contributed by atoms with van der Waals surface area (Å²) in [6, 6.07) is 0. The highest BCUT2D eigenvalue weighted by molar-refractivity contribution is 7.86. The summed E-state index contributed by atoms with van der Waals surface area (Å²) in [4.78, 5) is 9.49.